The molecule has 0 spiro atoms. The Labute approximate surface area is 135 Å². The third-order valence-electron chi connectivity index (χ3n) is 1.30. The molecule has 0 amide bonds. The van der Waals surface area contributed by atoms with Crippen LogP contribution in [0, 0.1) is 0 Å². The van der Waals surface area contributed by atoms with E-state index < -0.39 is 11.9 Å². The Morgan fingerprint density at radius 2 is 1.26 bits per heavy atom. The Hall–Kier alpha value is -2.74. The largest absolute Gasteiger partial charge is 0.478 e. The van der Waals surface area contributed by atoms with Crippen molar-refractivity contribution < 1.29 is 39.2 Å². The molecular weight excluding hydrogens is 308 g/mol. The lowest BCUT2D eigenvalue weighted by atomic mass is 10.4. The van der Waals surface area contributed by atoms with Crippen molar-refractivity contribution in [2.24, 2.45) is 0 Å². The van der Waals surface area contributed by atoms with Crippen LogP contribution in [0.4, 0.5) is 0 Å². The molecule has 0 aliphatic carbocycles. The molecule has 0 rings (SSSR count). The second-order valence-corrected chi connectivity index (χ2v) is 3.76. The molecule has 0 aromatic rings. The number of hydrogen-bond acceptors (Lipinski definition) is 6. The van der Waals surface area contributed by atoms with Gasteiger partial charge in [0, 0.05) is 17.2 Å². The number of carboxylic acid groups (broad SMARTS) is 2. The summed E-state index contributed by atoms with van der Waals surface area (Å²) < 4.78 is 4.27. The maximum Gasteiger partial charge on any atom is 0.332 e. The fraction of sp³-hybridized carbons (Fsp3) is 0.333. The van der Waals surface area contributed by atoms with E-state index in [1.165, 1.54) is 21.0 Å². The van der Waals surface area contributed by atoms with Gasteiger partial charge in [0.15, 0.2) is 5.78 Å². The van der Waals surface area contributed by atoms with Crippen molar-refractivity contribution >= 4 is 23.7 Å². The summed E-state index contributed by atoms with van der Waals surface area (Å²) in [4.78, 5) is 38.6. The summed E-state index contributed by atoms with van der Waals surface area (Å²) in [5.74, 6) is -2.45. The standard InChI is InChI=1S/C5H8O2.C4H6O2.C3H6O2.C3H4O2/c1-4(2)5(6)7-3;1-3(2)4(5)6;1-3(5)2-4;1-2-3(4)5/h1H2,2-3H3;1H2,2H3,(H,5,6);4H,2H2,1H3;2H,1H2,(H,4,5). The number of ether oxygens (including phenoxy) is 1. The van der Waals surface area contributed by atoms with Crippen molar-refractivity contribution in [1.82, 2.24) is 0 Å². The molecule has 0 aliphatic heterocycles. The van der Waals surface area contributed by atoms with E-state index in [-0.39, 0.29) is 23.9 Å². The van der Waals surface area contributed by atoms with Gasteiger partial charge in [0.1, 0.15) is 6.61 Å². The van der Waals surface area contributed by atoms with Crippen molar-refractivity contribution in [3.63, 3.8) is 0 Å². The van der Waals surface area contributed by atoms with E-state index in [1.54, 1.807) is 6.92 Å². The smallest absolute Gasteiger partial charge is 0.332 e. The quantitative estimate of drug-likeness (QED) is 0.516. The van der Waals surface area contributed by atoms with Gasteiger partial charge in [-0.1, -0.05) is 19.7 Å². The number of carbonyl (C=O) groups excluding carboxylic acids is 2. The third kappa shape index (κ3) is 45.3. The number of aliphatic hydroxyl groups excluding tert-OH is 1. The first kappa shape index (κ1) is 28.4. The molecule has 0 saturated heterocycles. The van der Waals surface area contributed by atoms with Gasteiger partial charge in [-0.2, -0.15) is 0 Å². The number of ketones is 1. The first-order valence-corrected chi connectivity index (χ1v) is 5.95. The maximum absolute atomic E-state index is 10.2. The minimum atomic E-state index is -0.981. The summed E-state index contributed by atoms with van der Waals surface area (Å²) in [6.45, 7) is 13.5. The highest BCUT2D eigenvalue weighted by atomic mass is 16.5. The molecule has 0 unspecified atom stereocenters. The van der Waals surface area contributed by atoms with Crippen LogP contribution in [0.5, 0.6) is 0 Å². The molecule has 3 N–H and O–H groups in total. The molecule has 0 heterocycles. The molecule has 0 fully saturated rings. The minimum absolute atomic E-state index is 0.176. The molecule has 0 saturated carbocycles. The third-order valence-corrected chi connectivity index (χ3v) is 1.30. The lowest BCUT2D eigenvalue weighted by Gasteiger charge is -1.91. The van der Waals surface area contributed by atoms with Crippen LogP contribution in [-0.4, -0.2) is 52.7 Å². The first-order valence-electron chi connectivity index (χ1n) is 5.95. The summed E-state index contributed by atoms with van der Waals surface area (Å²) in [6.07, 6.45) is 0.833. The minimum Gasteiger partial charge on any atom is -0.478 e. The Morgan fingerprint density at radius 3 is 1.26 bits per heavy atom. The number of esters is 1. The number of aliphatic hydroxyl groups is 1. The fourth-order valence-electron chi connectivity index (χ4n) is 0.174. The molecule has 0 atom stereocenters. The van der Waals surface area contributed by atoms with Gasteiger partial charge in [0.05, 0.1) is 7.11 Å². The molecule has 132 valence electrons. The SMILES string of the molecule is C=C(C)C(=O)O.C=C(C)C(=O)OC.C=CC(=O)O.CC(=O)CO. The number of carboxylic acids is 2. The average molecular weight is 332 g/mol. The molecule has 8 heteroatoms. The van der Waals surface area contributed by atoms with Gasteiger partial charge < -0.3 is 20.1 Å². The molecule has 0 bridgehead atoms. The second-order valence-electron chi connectivity index (χ2n) is 3.76. The van der Waals surface area contributed by atoms with E-state index in [4.69, 9.17) is 15.3 Å². The maximum atomic E-state index is 10.2. The van der Waals surface area contributed by atoms with Gasteiger partial charge in [-0.15, -0.1) is 0 Å². The molecule has 8 nitrogen and oxygen atoms in total. The highest BCUT2D eigenvalue weighted by molar-refractivity contribution is 5.86. The zero-order valence-electron chi connectivity index (χ0n) is 13.8. The molecule has 0 aromatic heterocycles. The summed E-state index contributed by atoms with van der Waals surface area (Å²) in [6, 6.07) is 0. The highest BCUT2D eigenvalue weighted by Crippen LogP contribution is 1.87. The van der Waals surface area contributed by atoms with E-state index >= 15 is 0 Å². The van der Waals surface area contributed by atoms with Crippen LogP contribution < -0.4 is 0 Å². The number of carbonyl (C=O) groups is 4. The second kappa shape index (κ2) is 19.3. The monoisotopic (exact) mass is 332 g/mol. The number of hydrogen-bond donors (Lipinski definition) is 3. The van der Waals surface area contributed by atoms with Crippen molar-refractivity contribution in [2.45, 2.75) is 20.8 Å². The molecule has 0 radical (unpaired) electrons. The molecule has 0 aromatic carbocycles. The van der Waals surface area contributed by atoms with Crippen molar-refractivity contribution in [3.05, 3.63) is 37.0 Å². The zero-order chi connectivity index (χ0) is 19.6. The number of methoxy groups -OCH3 is 1. The van der Waals surface area contributed by atoms with Crippen LogP contribution in [0.25, 0.3) is 0 Å². The van der Waals surface area contributed by atoms with Crippen molar-refractivity contribution in [3.8, 4) is 0 Å². The van der Waals surface area contributed by atoms with Gasteiger partial charge in [-0.3, -0.25) is 4.79 Å². The first-order chi connectivity index (χ1) is 10.4. The average Bonchev–Trinajstić information content (AvgIpc) is 2.47. The zero-order valence-corrected chi connectivity index (χ0v) is 13.8. The Kier molecular flexibility index (Phi) is 23.8. The topological polar surface area (TPSA) is 138 Å². The van der Waals surface area contributed by atoms with Crippen LogP contribution in [-0.2, 0) is 23.9 Å². The fourth-order valence-corrected chi connectivity index (χ4v) is 0.174. The van der Waals surface area contributed by atoms with Crippen LogP contribution >= 0.6 is 0 Å². The number of Topliss-reactive ketones (excluding diaryl/α,β-unsaturated/α-hetero) is 1. The summed E-state index contributed by atoms with van der Waals surface area (Å²) >= 11 is 0. The Morgan fingerprint density at radius 1 is 1.00 bits per heavy atom. The van der Waals surface area contributed by atoms with Crippen LogP contribution in [0.2, 0.25) is 0 Å². The predicted molar refractivity (Wildman–Crippen MR) is 84.9 cm³/mol. The van der Waals surface area contributed by atoms with E-state index in [2.05, 4.69) is 24.5 Å². The molecule has 23 heavy (non-hydrogen) atoms. The summed E-state index contributed by atoms with van der Waals surface area (Å²) in [5.41, 5.74) is 0.609. The highest BCUT2D eigenvalue weighted by Gasteiger charge is 1.95. The van der Waals surface area contributed by atoms with Crippen LogP contribution in [0.15, 0.2) is 37.0 Å². The van der Waals surface area contributed by atoms with Gasteiger partial charge >= 0.3 is 17.9 Å². The van der Waals surface area contributed by atoms with Gasteiger partial charge in [0.25, 0.3) is 0 Å². The lowest BCUT2D eigenvalue weighted by Crippen LogP contribution is -1.98. The van der Waals surface area contributed by atoms with Crippen molar-refractivity contribution in [1.29, 1.82) is 0 Å². The normalized spacial score (nSPS) is 7.35. The van der Waals surface area contributed by atoms with E-state index in [1.807, 2.05) is 0 Å². The summed E-state index contributed by atoms with van der Waals surface area (Å²) in [5, 5.41) is 23.3. The van der Waals surface area contributed by atoms with E-state index in [0.29, 0.717) is 5.57 Å². The van der Waals surface area contributed by atoms with E-state index in [0.717, 1.165) is 6.08 Å². The predicted octanol–water partition coefficient (Wildman–Crippen LogP) is 1.21. The molecule has 0 aliphatic rings. The van der Waals surface area contributed by atoms with Gasteiger partial charge in [-0.25, -0.2) is 14.4 Å². The van der Waals surface area contributed by atoms with E-state index in [9.17, 15) is 19.2 Å². The summed E-state index contributed by atoms with van der Waals surface area (Å²) in [7, 11) is 1.33. The Balaban J connectivity index is -0.000000106. The van der Waals surface area contributed by atoms with Crippen molar-refractivity contribution in [2.75, 3.05) is 13.7 Å². The van der Waals surface area contributed by atoms with Gasteiger partial charge in [-0.05, 0) is 20.8 Å². The number of aliphatic carboxylic acids is 2. The van der Waals surface area contributed by atoms with Crippen LogP contribution in [0.3, 0.4) is 0 Å². The lowest BCUT2D eigenvalue weighted by molar-refractivity contribution is -0.136. The Bertz CT molecular complexity index is 423. The molecular formula is C15H24O8. The van der Waals surface area contributed by atoms with Gasteiger partial charge in [0.2, 0.25) is 0 Å². The van der Waals surface area contributed by atoms with Crippen LogP contribution in [0.1, 0.15) is 20.8 Å². The number of rotatable bonds is 4.